The summed E-state index contributed by atoms with van der Waals surface area (Å²) >= 11 is 0. The summed E-state index contributed by atoms with van der Waals surface area (Å²) in [7, 11) is 5.27. The van der Waals surface area contributed by atoms with Crippen molar-refractivity contribution in [3.63, 3.8) is 0 Å². The van der Waals surface area contributed by atoms with E-state index in [-0.39, 0.29) is 30.8 Å². The second-order valence-electron chi connectivity index (χ2n) is 19.2. The van der Waals surface area contributed by atoms with E-state index in [9.17, 15) is 24.3 Å². The molecule has 1 aromatic carbocycles. The van der Waals surface area contributed by atoms with E-state index in [4.69, 9.17) is 29.4 Å². The van der Waals surface area contributed by atoms with E-state index < -0.39 is 83.7 Å². The van der Waals surface area contributed by atoms with Crippen molar-refractivity contribution >= 4 is 29.4 Å². The molecule has 3 aliphatic heterocycles. The maximum Gasteiger partial charge on any atom is 0.410 e. The maximum atomic E-state index is 14.6. The minimum atomic E-state index is -1.27. The predicted molar refractivity (Wildman–Crippen MR) is 249 cm³/mol. The summed E-state index contributed by atoms with van der Waals surface area (Å²) in [5, 5.41) is 27.0. The Morgan fingerprint density at radius 1 is 1.15 bits per heavy atom. The number of methoxy groups -OCH3 is 1. The fraction of sp³-hybridized carbons (Fsp3) is 0.708. The molecular weight excluding hydrogens is 849 g/mol. The van der Waals surface area contributed by atoms with Crippen LogP contribution in [-0.4, -0.2) is 155 Å². The number of likely N-dealkylation sites (N-methyl/N-ethyl adjacent to an activating group) is 1. The lowest BCUT2D eigenvalue weighted by Gasteiger charge is -2.47. The quantitative estimate of drug-likeness (QED) is 0.0605. The topological polar surface area (TPSA) is 222 Å². The number of carbonyl (C=O) groups excluding carboxylic acids is 4. The summed E-state index contributed by atoms with van der Waals surface area (Å²) in [5.41, 5.74) is 5.80. The fourth-order valence-corrected chi connectivity index (χ4v) is 10.0. The van der Waals surface area contributed by atoms with Gasteiger partial charge < -0.3 is 50.1 Å². The van der Waals surface area contributed by atoms with E-state index in [0.717, 1.165) is 5.56 Å². The van der Waals surface area contributed by atoms with E-state index in [1.54, 1.807) is 36.6 Å². The van der Waals surface area contributed by atoms with Crippen LogP contribution < -0.4 is 16.4 Å². The van der Waals surface area contributed by atoms with Gasteiger partial charge in [0.2, 0.25) is 5.91 Å². The van der Waals surface area contributed by atoms with Gasteiger partial charge in [0.1, 0.15) is 23.8 Å². The number of aliphatic hydroxyl groups is 1. The van der Waals surface area contributed by atoms with Crippen molar-refractivity contribution in [2.24, 2.45) is 17.8 Å². The summed E-state index contributed by atoms with van der Waals surface area (Å²) in [5.74, 6) is -3.61. The molecule has 5 rings (SSSR count). The highest BCUT2D eigenvalue weighted by Crippen LogP contribution is 2.40. The first kappa shape index (κ1) is 52.5. The van der Waals surface area contributed by atoms with Gasteiger partial charge in [-0.05, 0) is 105 Å². The van der Waals surface area contributed by atoms with Gasteiger partial charge in [-0.3, -0.25) is 24.0 Å². The molecule has 3 saturated heterocycles. The average molecular weight is 925 g/mol. The van der Waals surface area contributed by atoms with Crippen LogP contribution in [0.15, 0.2) is 43.1 Å². The van der Waals surface area contributed by atoms with Gasteiger partial charge in [0.05, 0.1) is 30.0 Å². The highest BCUT2D eigenvalue weighted by Gasteiger charge is 2.59. The molecule has 1 aromatic heterocycles. The van der Waals surface area contributed by atoms with Gasteiger partial charge in [0, 0.05) is 62.4 Å². The molecule has 3 fully saturated rings. The number of hydrogen-bond acceptors (Lipinski definition) is 15. The summed E-state index contributed by atoms with van der Waals surface area (Å²) in [6, 6.07) is 6.19. The third-order valence-electron chi connectivity index (χ3n) is 13.8. The Balaban J connectivity index is 1.37. The summed E-state index contributed by atoms with van der Waals surface area (Å²) in [6.07, 6.45) is 1.60. The lowest BCUT2D eigenvalue weighted by Crippen LogP contribution is -2.61. The van der Waals surface area contributed by atoms with Crippen molar-refractivity contribution in [3.05, 3.63) is 43.1 Å². The third kappa shape index (κ3) is 12.3. The molecule has 368 valence electrons. The van der Waals surface area contributed by atoms with Crippen molar-refractivity contribution in [1.82, 2.24) is 35.4 Å². The monoisotopic (exact) mass is 925 g/mol. The number of esters is 1. The molecule has 13 atom stereocenters. The van der Waals surface area contributed by atoms with Crippen LogP contribution in [0.25, 0.3) is 11.3 Å². The zero-order valence-electron chi connectivity index (χ0n) is 40.7. The highest BCUT2D eigenvalue weighted by atomic mass is 16.7. The normalized spacial score (nSPS) is 33.7. The number of anilines is 1. The smallest absolute Gasteiger partial charge is 0.410 e. The zero-order chi connectivity index (χ0) is 48.5. The molecule has 18 heteroatoms. The highest BCUT2D eigenvalue weighted by molar-refractivity contribution is 6.00. The van der Waals surface area contributed by atoms with E-state index >= 15 is 0 Å². The van der Waals surface area contributed by atoms with Crippen LogP contribution in [0.2, 0.25) is 0 Å². The summed E-state index contributed by atoms with van der Waals surface area (Å²) in [4.78, 5) is 58.8. The molecule has 4 heterocycles. The summed E-state index contributed by atoms with van der Waals surface area (Å²) in [6.45, 7) is 18.1. The van der Waals surface area contributed by atoms with Gasteiger partial charge in [-0.2, -0.15) is 0 Å². The van der Waals surface area contributed by atoms with Gasteiger partial charge in [0.15, 0.2) is 17.7 Å². The largest absolute Gasteiger partial charge is 0.458 e. The molecule has 5 N–H and O–H groups in total. The number of benzene rings is 1. The van der Waals surface area contributed by atoms with Gasteiger partial charge in [-0.25, -0.2) is 4.79 Å². The lowest BCUT2D eigenvalue weighted by molar-refractivity contribution is -0.296. The molecule has 2 aromatic rings. The average Bonchev–Trinajstić information content (AvgIpc) is 3.87. The van der Waals surface area contributed by atoms with E-state index in [1.807, 2.05) is 70.2 Å². The number of allylic oxidation sites excluding steroid dienone is 1. The number of nitrogen functional groups attached to an aromatic ring is 1. The second kappa shape index (κ2) is 23.0. The lowest BCUT2D eigenvalue weighted by atomic mass is 9.78. The number of nitrogens with two attached hydrogens (primary N) is 1. The number of carbonyl (C=O) groups is 4. The number of aromatic nitrogens is 3. The Morgan fingerprint density at radius 2 is 1.88 bits per heavy atom. The van der Waals surface area contributed by atoms with E-state index in [0.29, 0.717) is 69.5 Å². The summed E-state index contributed by atoms with van der Waals surface area (Å²) < 4.78 is 33.7. The molecule has 2 amide bonds. The Bertz CT molecular complexity index is 1970. The minimum absolute atomic E-state index is 0.0731. The van der Waals surface area contributed by atoms with Crippen LogP contribution in [-0.2, 0) is 44.6 Å². The number of ketones is 1. The standard InChI is InChI=1S/C48H76N8O10/c1-12-14-20-39(57)51-27-35-24-37(54(9)10)41(59)45(63-35)65-43-30(4)40(58)31(5)44(60)64-38(13-2)48(8)42(32(6)50-26-29(3)25-47(43,7)62-11)56(46(61)66-48)22-16-15-21-55-28-36(52-53-55)33-18-17-19-34(49)23-33/h12,17-19,23,28-32,35,37-38,41-43,45,50,59H,1,13-16,20-22,24-27,49H2,2-11H3,(H,51,57)/t29-,30-,31-,32-,35+,37+,38-,41-,42-,43-,45?,47-,48-/m1/s1. The maximum absolute atomic E-state index is 14.6. The molecule has 0 saturated carbocycles. The van der Waals surface area contributed by atoms with Gasteiger partial charge in [0.25, 0.3) is 0 Å². The first-order valence-electron chi connectivity index (χ1n) is 23.6. The number of nitrogens with zero attached hydrogens (tertiary/aromatic N) is 5. The number of aryl methyl sites for hydroxylation is 1. The molecule has 0 aliphatic carbocycles. The Hall–Kier alpha value is -4.46. The van der Waals surface area contributed by atoms with Crippen LogP contribution >= 0.6 is 0 Å². The van der Waals surface area contributed by atoms with Crippen molar-refractivity contribution in [2.45, 2.75) is 160 Å². The van der Waals surface area contributed by atoms with Gasteiger partial charge in [-0.1, -0.05) is 44.2 Å². The third-order valence-corrected chi connectivity index (χ3v) is 13.8. The first-order valence-corrected chi connectivity index (χ1v) is 23.6. The van der Waals surface area contributed by atoms with Crippen molar-refractivity contribution in [1.29, 1.82) is 0 Å². The van der Waals surface area contributed by atoms with E-state index in [2.05, 4.69) is 34.4 Å². The fourth-order valence-electron chi connectivity index (χ4n) is 10.0. The van der Waals surface area contributed by atoms with Gasteiger partial charge in [-0.15, -0.1) is 11.7 Å². The number of cyclic esters (lactones) is 1. The van der Waals surface area contributed by atoms with Crippen molar-refractivity contribution < 1.29 is 48.0 Å². The van der Waals surface area contributed by atoms with Crippen LogP contribution in [0.3, 0.4) is 0 Å². The van der Waals surface area contributed by atoms with Crippen molar-refractivity contribution in [2.75, 3.05) is 46.6 Å². The van der Waals surface area contributed by atoms with Crippen molar-refractivity contribution in [3.8, 4) is 11.3 Å². The van der Waals surface area contributed by atoms with Crippen LogP contribution in [0.5, 0.6) is 0 Å². The number of nitrogens with one attached hydrogen (secondary N) is 2. The van der Waals surface area contributed by atoms with Gasteiger partial charge >= 0.3 is 12.1 Å². The Kier molecular flexibility index (Phi) is 18.3. The second-order valence-corrected chi connectivity index (χ2v) is 19.2. The molecular formula is C48H76N8O10. The predicted octanol–water partition coefficient (Wildman–Crippen LogP) is 4.35. The zero-order valence-corrected chi connectivity index (χ0v) is 40.7. The molecule has 0 bridgehead atoms. The molecule has 0 radical (unpaired) electrons. The molecule has 66 heavy (non-hydrogen) atoms. The Labute approximate surface area is 390 Å². The van der Waals surface area contributed by atoms with Crippen LogP contribution in [0.1, 0.15) is 93.4 Å². The minimum Gasteiger partial charge on any atom is -0.458 e. The molecule has 18 nitrogen and oxygen atoms in total. The molecule has 3 aliphatic rings. The number of unbranched alkanes of at least 4 members (excludes halogenated alkanes) is 1. The number of rotatable bonds is 16. The SMILES string of the molecule is C=CCCC(=O)NC[C@@H]1C[C@H](N(C)C)[C@@H](O)C(O[C@@H]2[C@H](C)C(=O)[C@@H](C)C(=O)O[C@H](CC)[C@@]3(C)OC(=O)N(CCCCn4cc(-c5cccc(N)c5)nn4)[C@@H]3[C@@H](C)NC[C@H](C)C[C@@]2(C)OC)O1. The number of fused-ring (bicyclic) bond motifs is 1. The van der Waals surface area contributed by atoms with Crippen LogP contribution in [0, 0.1) is 17.8 Å². The van der Waals surface area contributed by atoms with E-state index in [1.165, 1.54) is 6.92 Å². The van der Waals surface area contributed by atoms with Crippen LogP contribution in [0.4, 0.5) is 10.5 Å². The number of Topliss-reactive ketones (excluding diaryl/α,β-unsaturated/α-hetero) is 1. The number of ether oxygens (including phenoxy) is 5. The first-order chi connectivity index (χ1) is 31.3. The Morgan fingerprint density at radius 3 is 2.55 bits per heavy atom. The number of amides is 2. The number of aliphatic hydroxyl groups excluding tert-OH is 1. The molecule has 1 unspecified atom stereocenters. The molecule has 0 spiro atoms. The number of hydrogen-bond donors (Lipinski definition) is 4.